The fourth-order valence-electron chi connectivity index (χ4n) is 4.50. The van der Waals surface area contributed by atoms with Crippen LogP contribution < -0.4 is 9.47 Å². The molecule has 4 rings (SSSR count). The van der Waals surface area contributed by atoms with E-state index < -0.39 is 5.97 Å². The van der Waals surface area contributed by atoms with E-state index in [0.29, 0.717) is 23.8 Å². The standard InChI is InChI=1S/C28H29FO4/c1-17(2)10-19-11-18(4-7-25(19)26-15-22(32-3)6-9-27(26)29)16-33-23-5-8-24-20(13-23)12-21(24)14-28(30)31/h4-9,11,13,15,17,21H,10,12,14,16H2,1-3H3,(H,30,31)/t21-/m0/s1. The molecule has 3 aromatic rings. The Bertz CT molecular complexity index is 1170. The Morgan fingerprint density at radius 3 is 2.55 bits per heavy atom. The Kier molecular flexibility index (Phi) is 6.68. The van der Waals surface area contributed by atoms with Gasteiger partial charge in [-0.15, -0.1) is 0 Å². The molecular weight excluding hydrogens is 419 g/mol. The van der Waals surface area contributed by atoms with Crippen molar-refractivity contribution in [3.05, 3.63) is 82.7 Å². The minimum atomic E-state index is -0.763. The first-order valence-electron chi connectivity index (χ1n) is 11.3. The van der Waals surface area contributed by atoms with Crippen molar-refractivity contribution in [3.8, 4) is 22.6 Å². The van der Waals surface area contributed by atoms with Gasteiger partial charge in [0.2, 0.25) is 0 Å². The lowest BCUT2D eigenvalue weighted by molar-refractivity contribution is -0.137. The lowest BCUT2D eigenvalue weighted by Gasteiger charge is -2.29. The van der Waals surface area contributed by atoms with Gasteiger partial charge in [0.05, 0.1) is 13.5 Å². The zero-order chi connectivity index (χ0) is 23.5. The maximum Gasteiger partial charge on any atom is 0.303 e. The van der Waals surface area contributed by atoms with Crippen molar-refractivity contribution in [3.63, 3.8) is 0 Å². The first-order valence-corrected chi connectivity index (χ1v) is 11.3. The van der Waals surface area contributed by atoms with Crippen LogP contribution in [0.25, 0.3) is 11.1 Å². The second-order valence-corrected chi connectivity index (χ2v) is 9.08. The summed E-state index contributed by atoms with van der Waals surface area (Å²) in [5.41, 5.74) is 5.76. The molecule has 0 unspecified atom stereocenters. The van der Waals surface area contributed by atoms with Crippen LogP contribution in [0.4, 0.5) is 4.39 Å². The van der Waals surface area contributed by atoms with Crippen molar-refractivity contribution < 1.29 is 23.8 Å². The lowest BCUT2D eigenvalue weighted by atomic mass is 9.76. The molecule has 0 fully saturated rings. The number of ether oxygens (including phenoxy) is 2. The van der Waals surface area contributed by atoms with Crippen LogP contribution in [0.5, 0.6) is 11.5 Å². The van der Waals surface area contributed by atoms with Crippen molar-refractivity contribution in [1.29, 1.82) is 0 Å². The minimum Gasteiger partial charge on any atom is -0.497 e. The highest BCUT2D eigenvalue weighted by Crippen LogP contribution is 2.39. The van der Waals surface area contributed by atoms with Crippen LogP contribution >= 0.6 is 0 Å². The van der Waals surface area contributed by atoms with E-state index in [4.69, 9.17) is 14.6 Å². The number of benzene rings is 3. The minimum absolute atomic E-state index is 0.106. The summed E-state index contributed by atoms with van der Waals surface area (Å²) < 4.78 is 26.0. The lowest BCUT2D eigenvalue weighted by Crippen LogP contribution is -2.20. The van der Waals surface area contributed by atoms with Gasteiger partial charge < -0.3 is 14.6 Å². The smallest absolute Gasteiger partial charge is 0.303 e. The monoisotopic (exact) mass is 448 g/mol. The van der Waals surface area contributed by atoms with Gasteiger partial charge in [0.1, 0.15) is 23.9 Å². The number of fused-ring (bicyclic) bond motifs is 1. The van der Waals surface area contributed by atoms with Crippen molar-refractivity contribution in [1.82, 2.24) is 0 Å². The average Bonchev–Trinajstić information content (AvgIpc) is 2.76. The van der Waals surface area contributed by atoms with E-state index in [1.165, 1.54) is 6.07 Å². The predicted molar refractivity (Wildman–Crippen MR) is 126 cm³/mol. The summed E-state index contributed by atoms with van der Waals surface area (Å²) in [6.07, 6.45) is 1.77. The summed E-state index contributed by atoms with van der Waals surface area (Å²) in [7, 11) is 1.58. The highest BCUT2D eigenvalue weighted by Gasteiger charge is 2.28. The van der Waals surface area contributed by atoms with Crippen molar-refractivity contribution in [2.45, 2.75) is 45.6 Å². The van der Waals surface area contributed by atoms with E-state index in [1.807, 2.05) is 30.3 Å². The van der Waals surface area contributed by atoms with Gasteiger partial charge in [-0.25, -0.2) is 4.39 Å². The maximum absolute atomic E-state index is 14.6. The molecule has 1 aliphatic carbocycles. The number of carbonyl (C=O) groups is 1. The summed E-state index contributed by atoms with van der Waals surface area (Å²) >= 11 is 0. The zero-order valence-electron chi connectivity index (χ0n) is 19.2. The van der Waals surface area contributed by atoms with Crippen LogP contribution in [-0.2, 0) is 24.2 Å². The summed E-state index contributed by atoms with van der Waals surface area (Å²) in [5, 5.41) is 9.00. The topological polar surface area (TPSA) is 55.8 Å². The van der Waals surface area contributed by atoms with Crippen molar-refractivity contribution in [2.24, 2.45) is 5.92 Å². The molecule has 0 aliphatic heterocycles. The Labute approximate surface area is 194 Å². The summed E-state index contributed by atoms with van der Waals surface area (Å²) in [5.74, 6) is 0.889. The van der Waals surface area contributed by atoms with E-state index >= 15 is 0 Å². The molecule has 0 saturated heterocycles. The van der Waals surface area contributed by atoms with Gasteiger partial charge in [0, 0.05) is 5.56 Å². The summed E-state index contributed by atoms with van der Waals surface area (Å²) in [6.45, 7) is 4.70. The third-order valence-electron chi connectivity index (χ3n) is 6.11. The number of hydrogen-bond donors (Lipinski definition) is 1. The molecule has 1 aliphatic rings. The number of rotatable bonds is 9. The second kappa shape index (κ2) is 9.65. The van der Waals surface area contributed by atoms with E-state index in [2.05, 4.69) is 19.9 Å². The van der Waals surface area contributed by atoms with E-state index in [-0.39, 0.29) is 18.2 Å². The normalized spacial score (nSPS) is 14.5. The van der Waals surface area contributed by atoms with Gasteiger partial charge in [0.25, 0.3) is 0 Å². The predicted octanol–water partition coefficient (Wildman–Crippen LogP) is 6.39. The molecule has 0 heterocycles. The van der Waals surface area contributed by atoms with E-state index in [9.17, 15) is 9.18 Å². The van der Waals surface area contributed by atoms with Crippen LogP contribution in [0.3, 0.4) is 0 Å². The number of hydrogen-bond acceptors (Lipinski definition) is 3. The fourth-order valence-corrected chi connectivity index (χ4v) is 4.50. The van der Waals surface area contributed by atoms with Crippen LogP contribution in [-0.4, -0.2) is 18.2 Å². The van der Waals surface area contributed by atoms with E-state index in [1.54, 1.807) is 19.2 Å². The molecule has 5 heteroatoms. The van der Waals surface area contributed by atoms with Gasteiger partial charge in [0.15, 0.2) is 0 Å². The third kappa shape index (κ3) is 5.19. The van der Waals surface area contributed by atoms with Crippen molar-refractivity contribution >= 4 is 5.97 Å². The van der Waals surface area contributed by atoms with E-state index in [0.717, 1.165) is 46.4 Å². The summed E-state index contributed by atoms with van der Waals surface area (Å²) in [4.78, 5) is 10.9. The molecular formula is C28H29FO4. The molecule has 1 N–H and O–H groups in total. The molecule has 0 radical (unpaired) electrons. The van der Waals surface area contributed by atoms with Crippen LogP contribution in [0, 0.1) is 11.7 Å². The van der Waals surface area contributed by atoms with Gasteiger partial charge in [-0.2, -0.15) is 0 Å². The Balaban J connectivity index is 1.52. The molecule has 0 bridgehead atoms. The Hall–Kier alpha value is -3.34. The SMILES string of the molecule is COc1ccc(F)c(-c2ccc(COc3ccc4c(c3)C[C@H]4CC(=O)O)cc2CC(C)C)c1. The maximum atomic E-state index is 14.6. The Morgan fingerprint density at radius 2 is 1.85 bits per heavy atom. The fraction of sp³-hybridized carbons (Fsp3) is 0.321. The van der Waals surface area contributed by atoms with Gasteiger partial charge >= 0.3 is 5.97 Å². The molecule has 4 nitrogen and oxygen atoms in total. The first kappa shape index (κ1) is 22.8. The van der Waals surface area contributed by atoms with Crippen LogP contribution in [0.15, 0.2) is 54.6 Å². The Morgan fingerprint density at radius 1 is 1.06 bits per heavy atom. The van der Waals surface area contributed by atoms with Crippen molar-refractivity contribution in [2.75, 3.05) is 7.11 Å². The highest BCUT2D eigenvalue weighted by atomic mass is 19.1. The largest absolute Gasteiger partial charge is 0.497 e. The van der Waals surface area contributed by atoms with Crippen LogP contribution in [0.1, 0.15) is 48.4 Å². The molecule has 172 valence electrons. The molecule has 0 spiro atoms. The van der Waals surface area contributed by atoms with Gasteiger partial charge in [-0.05, 0) is 82.8 Å². The number of carboxylic acids is 1. The second-order valence-electron chi connectivity index (χ2n) is 9.08. The number of carboxylic acid groups (broad SMARTS) is 1. The molecule has 0 saturated carbocycles. The molecule has 33 heavy (non-hydrogen) atoms. The molecule has 1 atom stereocenters. The quantitative estimate of drug-likeness (QED) is 0.412. The average molecular weight is 449 g/mol. The highest BCUT2D eigenvalue weighted by molar-refractivity contribution is 5.70. The van der Waals surface area contributed by atoms with Gasteiger partial charge in [-0.1, -0.05) is 38.1 Å². The summed E-state index contributed by atoms with van der Waals surface area (Å²) in [6, 6.07) is 16.7. The molecule has 3 aromatic carbocycles. The number of methoxy groups -OCH3 is 1. The first-order chi connectivity index (χ1) is 15.8. The molecule has 0 amide bonds. The van der Waals surface area contributed by atoms with Gasteiger partial charge in [-0.3, -0.25) is 4.79 Å². The van der Waals surface area contributed by atoms with Crippen LogP contribution in [0.2, 0.25) is 0 Å². The zero-order valence-corrected chi connectivity index (χ0v) is 19.2. The third-order valence-corrected chi connectivity index (χ3v) is 6.11. The number of halogens is 1. The molecule has 0 aromatic heterocycles. The number of aliphatic carboxylic acids is 1.